The maximum Gasteiger partial charge on any atom is 0.122 e. The summed E-state index contributed by atoms with van der Waals surface area (Å²) in [4.78, 5) is 6.65. The molecule has 1 aromatic rings. The quantitative estimate of drug-likeness (QED) is 0.768. The van der Waals surface area contributed by atoms with Crippen molar-refractivity contribution < 1.29 is 0 Å². The monoisotopic (exact) mass is 252 g/mol. The highest BCUT2D eigenvalue weighted by Gasteiger charge is 2.12. The third-order valence-corrected chi connectivity index (χ3v) is 3.03. The Morgan fingerprint density at radius 1 is 1.39 bits per heavy atom. The summed E-state index contributed by atoms with van der Waals surface area (Å²) in [6.07, 6.45) is 5.12. The highest BCUT2D eigenvalue weighted by Crippen LogP contribution is 2.07. The topological polar surface area (TPSA) is 33.1 Å². The van der Waals surface area contributed by atoms with Gasteiger partial charge in [-0.1, -0.05) is 13.8 Å². The van der Waals surface area contributed by atoms with Crippen molar-refractivity contribution in [3.8, 4) is 0 Å². The molecule has 0 aliphatic carbocycles. The van der Waals surface area contributed by atoms with Crippen LogP contribution in [0.15, 0.2) is 12.4 Å². The van der Waals surface area contributed by atoms with Gasteiger partial charge in [0.2, 0.25) is 0 Å². The van der Waals surface area contributed by atoms with Crippen LogP contribution in [0.25, 0.3) is 0 Å². The maximum atomic E-state index is 4.40. The molecule has 4 heteroatoms. The first kappa shape index (κ1) is 15.2. The molecule has 0 saturated carbocycles. The molecule has 1 rings (SSSR count). The van der Waals surface area contributed by atoms with E-state index in [-0.39, 0.29) is 0 Å². The van der Waals surface area contributed by atoms with Gasteiger partial charge in [-0.15, -0.1) is 0 Å². The third kappa shape index (κ3) is 5.19. The fraction of sp³-hybridized carbons (Fsp3) is 0.786. The summed E-state index contributed by atoms with van der Waals surface area (Å²) < 4.78 is 2.19. The summed E-state index contributed by atoms with van der Waals surface area (Å²) in [6, 6.07) is 0.530. The first-order chi connectivity index (χ1) is 8.52. The summed E-state index contributed by atoms with van der Waals surface area (Å²) in [5, 5.41) is 3.63. The van der Waals surface area contributed by atoms with Crippen molar-refractivity contribution in [1.82, 2.24) is 19.8 Å². The Hall–Kier alpha value is -0.870. The van der Waals surface area contributed by atoms with Crippen LogP contribution in [-0.2, 0) is 13.1 Å². The lowest BCUT2D eigenvalue weighted by atomic mass is 10.0. The Kier molecular flexibility index (Phi) is 6.36. The number of imidazole rings is 1. The van der Waals surface area contributed by atoms with Crippen LogP contribution in [0.3, 0.4) is 0 Å². The van der Waals surface area contributed by atoms with Crippen molar-refractivity contribution in [3.63, 3.8) is 0 Å². The van der Waals surface area contributed by atoms with Crippen LogP contribution < -0.4 is 5.32 Å². The summed E-state index contributed by atoms with van der Waals surface area (Å²) in [7, 11) is 4.25. The van der Waals surface area contributed by atoms with E-state index >= 15 is 0 Å². The number of nitrogens with zero attached hydrogens (tertiary/aromatic N) is 3. The molecule has 0 radical (unpaired) electrons. The summed E-state index contributed by atoms with van der Waals surface area (Å²) in [6.45, 7) is 9.61. The number of hydrogen-bond acceptors (Lipinski definition) is 3. The Bertz CT molecular complexity index is 320. The van der Waals surface area contributed by atoms with Crippen LogP contribution in [-0.4, -0.2) is 41.1 Å². The van der Waals surface area contributed by atoms with Gasteiger partial charge in [-0.25, -0.2) is 4.98 Å². The van der Waals surface area contributed by atoms with Gasteiger partial charge >= 0.3 is 0 Å². The molecule has 0 fully saturated rings. The number of likely N-dealkylation sites (N-methyl/N-ethyl adjacent to an activating group) is 1. The fourth-order valence-corrected chi connectivity index (χ4v) is 2.26. The van der Waals surface area contributed by atoms with Gasteiger partial charge in [0, 0.05) is 31.5 Å². The largest absolute Gasteiger partial charge is 0.334 e. The van der Waals surface area contributed by atoms with E-state index in [1.165, 1.54) is 6.42 Å². The predicted octanol–water partition coefficient (Wildman–Crippen LogP) is 1.97. The van der Waals surface area contributed by atoms with Gasteiger partial charge in [0.15, 0.2) is 0 Å². The fourth-order valence-electron chi connectivity index (χ4n) is 2.26. The Morgan fingerprint density at radius 2 is 2.11 bits per heavy atom. The van der Waals surface area contributed by atoms with Crippen molar-refractivity contribution in [2.24, 2.45) is 5.92 Å². The van der Waals surface area contributed by atoms with E-state index in [4.69, 9.17) is 0 Å². The SMILES string of the molecule is CCn1ccnc1CNC(CC(C)C)CN(C)C. The Morgan fingerprint density at radius 3 is 2.67 bits per heavy atom. The van der Waals surface area contributed by atoms with Crippen molar-refractivity contribution in [2.75, 3.05) is 20.6 Å². The van der Waals surface area contributed by atoms with E-state index < -0.39 is 0 Å². The number of aromatic nitrogens is 2. The number of nitrogens with one attached hydrogen (secondary N) is 1. The summed E-state index contributed by atoms with van der Waals surface area (Å²) in [5.74, 6) is 1.85. The van der Waals surface area contributed by atoms with Gasteiger partial charge in [-0.05, 0) is 33.4 Å². The molecular weight excluding hydrogens is 224 g/mol. The zero-order valence-electron chi connectivity index (χ0n) is 12.5. The first-order valence-electron chi connectivity index (χ1n) is 6.91. The molecule has 0 bridgehead atoms. The first-order valence-corrected chi connectivity index (χ1v) is 6.91. The molecule has 1 atom stereocenters. The van der Waals surface area contributed by atoms with Gasteiger partial charge in [-0.2, -0.15) is 0 Å². The van der Waals surface area contributed by atoms with Crippen molar-refractivity contribution in [2.45, 2.75) is 46.3 Å². The van der Waals surface area contributed by atoms with Crippen LogP contribution >= 0.6 is 0 Å². The molecule has 0 aliphatic rings. The molecule has 0 spiro atoms. The molecule has 1 N–H and O–H groups in total. The minimum absolute atomic E-state index is 0.530. The number of rotatable bonds is 8. The van der Waals surface area contributed by atoms with E-state index in [9.17, 15) is 0 Å². The van der Waals surface area contributed by atoms with Crippen LogP contribution in [0.1, 0.15) is 33.0 Å². The van der Waals surface area contributed by atoms with Gasteiger partial charge in [0.25, 0.3) is 0 Å². The van der Waals surface area contributed by atoms with Crippen molar-refractivity contribution in [1.29, 1.82) is 0 Å². The van der Waals surface area contributed by atoms with Crippen molar-refractivity contribution >= 4 is 0 Å². The van der Waals surface area contributed by atoms with E-state index in [1.54, 1.807) is 0 Å². The van der Waals surface area contributed by atoms with Crippen LogP contribution in [0.2, 0.25) is 0 Å². The summed E-state index contributed by atoms with van der Waals surface area (Å²) in [5.41, 5.74) is 0. The highest BCUT2D eigenvalue weighted by molar-refractivity contribution is 4.92. The second kappa shape index (κ2) is 7.54. The van der Waals surface area contributed by atoms with Crippen LogP contribution in [0, 0.1) is 5.92 Å². The average molecular weight is 252 g/mol. The second-order valence-corrected chi connectivity index (χ2v) is 5.60. The number of aryl methyl sites for hydroxylation is 1. The zero-order chi connectivity index (χ0) is 13.5. The maximum absolute atomic E-state index is 4.40. The standard InChI is InChI=1S/C14H28N4/c1-6-18-8-7-15-14(18)10-16-13(9-12(2)3)11-17(4)5/h7-8,12-13,16H,6,9-11H2,1-5H3. The Balaban J connectivity index is 2.50. The molecule has 1 aromatic heterocycles. The van der Waals surface area contributed by atoms with Gasteiger partial charge in [-0.3, -0.25) is 0 Å². The van der Waals surface area contributed by atoms with Crippen molar-refractivity contribution in [3.05, 3.63) is 18.2 Å². The van der Waals surface area contributed by atoms with E-state index in [0.717, 1.165) is 25.5 Å². The lowest BCUT2D eigenvalue weighted by molar-refractivity contribution is 0.302. The van der Waals surface area contributed by atoms with Crippen LogP contribution in [0.5, 0.6) is 0 Å². The molecule has 0 saturated heterocycles. The van der Waals surface area contributed by atoms with Gasteiger partial charge in [0.1, 0.15) is 5.82 Å². The number of hydrogen-bond donors (Lipinski definition) is 1. The molecule has 0 aromatic carbocycles. The van der Waals surface area contributed by atoms with E-state index in [0.29, 0.717) is 12.0 Å². The lowest BCUT2D eigenvalue weighted by Gasteiger charge is -2.24. The minimum Gasteiger partial charge on any atom is -0.334 e. The average Bonchev–Trinajstić information content (AvgIpc) is 2.71. The van der Waals surface area contributed by atoms with E-state index in [1.807, 2.05) is 12.4 Å². The minimum atomic E-state index is 0.530. The Labute approximate surface area is 111 Å². The van der Waals surface area contributed by atoms with Gasteiger partial charge in [0.05, 0.1) is 6.54 Å². The summed E-state index contributed by atoms with van der Waals surface area (Å²) >= 11 is 0. The molecule has 104 valence electrons. The normalized spacial score (nSPS) is 13.5. The van der Waals surface area contributed by atoms with E-state index in [2.05, 4.69) is 54.6 Å². The van der Waals surface area contributed by atoms with Gasteiger partial charge < -0.3 is 14.8 Å². The molecule has 1 heterocycles. The third-order valence-electron chi connectivity index (χ3n) is 3.03. The highest BCUT2D eigenvalue weighted by atomic mass is 15.1. The molecule has 18 heavy (non-hydrogen) atoms. The molecular formula is C14H28N4. The molecule has 1 unspecified atom stereocenters. The second-order valence-electron chi connectivity index (χ2n) is 5.60. The molecule has 4 nitrogen and oxygen atoms in total. The zero-order valence-corrected chi connectivity index (χ0v) is 12.5. The predicted molar refractivity (Wildman–Crippen MR) is 76.5 cm³/mol. The lowest BCUT2D eigenvalue weighted by Crippen LogP contribution is -2.39. The molecule has 0 aliphatic heterocycles. The molecule has 0 amide bonds. The van der Waals surface area contributed by atoms with Crippen LogP contribution in [0.4, 0.5) is 0 Å². The smallest absolute Gasteiger partial charge is 0.122 e.